The fourth-order valence-electron chi connectivity index (χ4n) is 3.48. The molecular weight excluding hydrogens is 469 g/mol. The van der Waals surface area contributed by atoms with Crippen molar-refractivity contribution in [2.24, 2.45) is 16.6 Å². The fourth-order valence-corrected chi connectivity index (χ4v) is 3.48. The van der Waals surface area contributed by atoms with Crippen LogP contribution in [-0.2, 0) is 11.2 Å². The normalized spacial score (nSPS) is 16.9. The van der Waals surface area contributed by atoms with E-state index in [1.165, 1.54) is 0 Å². The van der Waals surface area contributed by atoms with Crippen LogP contribution in [0.4, 0.5) is 0 Å². The maximum absolute atomic E-state index is 12.1. The van der Waals surface area contributed by atoms with Crippen LogP contribution in [0.15, 0.2) is 29.3 Å². The molecule has 0 saturated carbocycles. The lowest BCUT2D eigenvalue weighted by molar-refractivity contribution is -0.119. The number of nitrogens with one attached hydrogen (secondary N) is 1. The number of aliphatic imine (C=N–C) groups is 1. The molecule has 0 aliphatic carbocycles. The number of benzene rings is 1. The van der Waals surface area contributed by atoms with Crippen LogP contribution in [0, 0.1) is 5.92 Å². The first-order valence-electron chi connectivity index (χ1n) is 9.45. The Morgan fingerprint density at radius 2 is 2.11 bits per heavy atom. The number of halogens is 1. The molecule has 1 aromatic rings. The Hall–Kier alpha value is -1.84. The number of rotatable bonds is 6. The van der Waals surface area contributed by atoms with Crippen LogP contribution >= 0.6 is 24.0 Å². The summed E-state index contributed by atoms with van der Waals surface area (Å²) in [6.07, 6.45) is 3.29. The number of nitrogens with two attached hydrogens (primary N) is 1. The van der Waals surface area contributed by atoms with Gasteiger partial charge in [-0.05, 0) is 42.9 Å². The molecule has 2 amide bonds. The first-order chi connectivity index (χ1) is 12.9. The summed E-state index contributed by atoms with van der Waals surface area (Å²) in [5, 5.41) is 3.40. The van der Waals surface area contributed by atoms with Crippen molar-refractivity contribution in [3.05, 3.63) is 35.4 Å². The van der Waals surface area contributed by atoms with Crippen molar-refractivity contribution in [1.29, 1.82) is 0 Å². The Morgan fingerprint density at radius 3 is 2.75 bits per heavy atom. The molecule has 156 valence electrons. The Bertz CT molecular complexity index is 693. The quantitative estimate of drug-likeness (QED) is 0.353. The lowest BCUT2D eigenvalue weighted by atomic mass is 9.95. The van der Waals surface area contributed by atoms with Crippen molar-refractivity contribution in [3.63, 3.8) is 0 Å². The number of hydrogen-bond donors (Lipinski definition) is 2. The molecule has 1 unspecified atom stereocenters. The first-order valence-corrected chi connectivity index (χ1v) is 9.45. The largest absolute Gasteiger partial charge is 0.370 e. The van der Waals surface area contributed by atoms with E-state index in [-0.39, 0.29) is 35.8 Å². The van der Waals surface area contributed by atoms with E-state index < -0.39 is 0 Å². The van der Waals surface area contributed by atoms with Crippen molar-refractivity contribution in [1.82, 2.24) is 15.1 Å². The van der Waals surface area contributed by atoms with Crippen LogP contribution in [-0.4, -0.2) is 68.4 Å². The van der Waals surface area contributed by atoms with Crippen LogP contribution in [0.1, 0.15) is 35.2 Å². The second-order valence-electron chi connectivity index (χ2n) is 7.25. The van der Waals surface area contributed by atoms with Crippen LogP contribution in [0.5, 0.6) is 0 Å². The third-order valence-electron chi connectivity index (χ3n) is 4.80. The number of amides is 2. The molecule has 1 heterocycles. The Balaban J connectivity index is 0.00000392. The molecule has 28 heavy (non-hydrogen) atoms. The Labute approximate surface area is 184 Å². The SMILES string of the molecule is CN=C(NCCc1cccc(C(=O)N(C)C)c1)N1CCCC(CC(N)=O)C1.I. The number of nitrogens with zero attached hydrogens (tertiary/aromatic N) is 3. The second-order valence-corrected chi connectivity index (χ2v) is 7.25. The van der Waals surface area contributed by atoms with E-state index >= 15 is 0 Å². The van der Waals surface area contributed by atoms with E-state index in [0.717, 1.165) is 50.4 Å². The number of carbonyl (C=O) groups excluding carboxylic acids is 2. The van der Waals surface area contributed by atoms with Gasteiger partial charge in [-0.2, -0.15) is 0 Å². The van der Waals surface area contributed by atoms with E-state index in [2.05, 4.69) is 15.2 Å². The minimum absolute atomic E-state index is 0. The maximum Gasteiger partial charge on any atom is 0.253 e. The van der Waals surface area contributed by atoms with Crippen LogP contribution < -0.4 is 11.1 Å². The van der Waals surface area contributed by atoms with Gasteiger partial charge in [-0.25, -0.2) is 0 Å². The van der Waals surface area contributed by atoms with Gasteiger partial charge in [-0.1, -0.05) is 12.1 Å². The summed E-state index contributed by atoms with van der Waals surface area (Å²) >= 11 is 0. The van der Waals surface area contributed by atoms with Gasteiger partial charge < -0.3 is 20.9 Å². The number of primary amides is 1. The van der Waals surface area contributed by atoms with Crippen molar-refractivity contribution in [3.8, 4) is 0 Å². The zero-order chi connectivity index (χ0) is 19.8. The number of carbonyl (C=O) groups is 2. The van der Waals surface area contributed by atoms with E-state index in [1.54, 1.807) is 26.0 Å². The topological polar surface area (TPSA) is 91.0 Å². The first kappa shape index (κ1) is 24.2. The average Bonchev–Trinajstić information content (AvgIpc) is 2.64. The third-order valence-corrected chi connectivity index (χ3v) is 4.80. The molecule has 7 nitrogen and oxygen atoms in total. The lowest BCUT2D eigenvalue weighted by Gasteiger charge is -2.34. The van der Waals surface area contributed by atoms with Crippen LogP contribution in [0.2, 0.25) is 0 Å². The molecule has 0 spiro atoms. The summed E-state index contributed by atoms with van der Waals surface area (Å²) in [6.45, 7) is 2.46. The van der Waals surface area contributed by atoms with Gasteiger partial charge in [-0.3, -0.25) is 14.6 Å². The van der Waals surface area contributed by atoms with E-state index in [1.807, 2.05) is 24.3 Å². The highest BCUT2D eigenvalue weighted by Crippen LogP contribution is 2.19. The molecule has 0 aromatic heterocycles. The summed E-state index contributed by atoms with van der Waals surface area (Å²) in [5.74, 6) is 0.916. The minimum atomic E-state index is -0.239. The van der Waals surface area contributed by atoms with Crippen molar-refractivity contribution in [2.45, 2.75) is 25.7 Å². The Morgan fingerprint density at radius 1 is 1.36 bits per heavy atom. The lowest BCUT2D eigenvalue weighted by Crippen LogP contribution is -2.47. The standard InChI is InChI=1S/C20H31N5O2.HI/c1-22-20(25-11-5-7-16(14-25)13-18(21)26)23-10-9-15-6-4-8-17(12-15)19(27)24(2)3;/h4,6,8,12,16H,5,7,9-11,13-14H2,1-3H3,(H2,21,26)(H,22,23);1H. The highest BCUT2D eigenvalue weighted by Gasteiger charge is 2.23. The van der Waals surface area contributed by atoms with Gasteiger partial charge in [0.05, 0.1) is 0 Å². The summed E-state index contributed by atoms with van der Waals surface area (Å²) in [5.41, 5.74) is 7.15. The highest BCUT2D eigenvalue weighted by molar-refractivity contribution is 14.0. The van der Waals surface area contributed by atoms with Gasteiger partial charge in [0, 0.05) is 52.8 Å². The summed E-state index contributed by atoms with van der Waals surface area (Å²) < 4.78 is 0. The predicted molar refractivity (Wildman–Crippen MR) is 123 cm³/mol. The number of hydrogen-bond acceptors (Lipinski definition) is 3. The third kappa shape index (κ3) is 7.29. The van der Waals surface area contributed by atoms with Crippen molar-refractivity contribution >= 4 is 41.8 Å². The van der Waals surface area contributed by atoms with Crippen LogP contribution in [0.3, 0.4) is 0 Å². The minimum Gasteiger partial charge on any atom is -0.370 e. The van der Waals surface area contributed by atoms with Gasteiger partial charge in [0.25, 0.3) is 5.91 Å². The summed E-state index contributed by atoms with van der Waals surface area (Å²) in [7, 11) is 5.28. The molecule has 1 saturated heterocycles. The zero-order valence-corrected chi connectivity index (χ0v) is 19.3. The Kier molecular flexibility index (Phi) is 10.3. The monoisotopic (exact) mass is 501 g/mol. The molecule has 3 N–H and O–H groups in total. The van der Waals surface area contributed by atoms with Gasteiger partial charge in [0.1, 0.15) is 0 Å². The molecular formula is C20H32IN5O2. The van der Waals surface area contributed by atoms with Crippen LogP contribution in [0.25, 0.3) is 0 Å². The van der Waals surface area contributed by atoms with E-state index in [4.69, 9.17) is 5.73 Å². The zero-order valence-electron chi connectivity index (χ0n) is 17.0. The summed E-state index contributed by atoms with van der Waals surface area (Å²) in [6, 6.07) is 7.72. The second kappa shape index (κ2) is 11.9. The maximum atomic E-state index is 12.1. The van der Waals surface area contributed by atoms with E-state index in [9.17, 15) is 9.59 Å². The molecule has 1 atom stereocenters. The number of likely N-dealkylation sites (tertiary alicyclic amines) is 1. The van der Waals surface area contributed by atoms with Gasteiger partial charge >= 0.3 is 0 Å². The smallest absolute Gasteiger partial charge is 0.253 e. The van der Waals surface area contributed by atoms with Gasteiger partial charge in [0.15, 0.2) is 5.96 Å². The molecule has 1 aromatic carbocycles. The molecule has 1 aliphatic rings. The van der Waals surface area contributed by atoms with E-state index in [0.29, 0.717) is 17.9 Å². The average molecular weight is 501 g/mol. The molecule has 1 aliphatic heterocycles. The molecule has 1 fully saturated rings. The van der Waals surface area contributed by atoms with Crippen molar-refractivity contribution in [2.75, 3.05) is 40.8 Å². The summed E-state index contributed by atoms with van der Waals surface area (Å²) in [4.78, 5) is 31.4. The van der Waals surface area contributed by atoms with Gasteiger partial charge in [-0.15, -0.1) is 24.0 Å². The number of piperidine rings is 1. The van der Waals surface area contributed by atoms with Crippen molar-refractivity contribution < 1.29 is 9.59 Å². The predicted octanol–water partition coefficient (Wildman–Crippen LogP) is 1.71. The molecule has 8 heteroatoms. The number of guanidine groups is 1. The highest BCUT2D eigenvalue weighted by atomic mass is 127. The fraction of sp³-hybridized carbons (Fsp3) is 0.550. The van der Waals surface area contributed by atoms with Gasteiger partial charge in [0.2, 0.25) is 5.91 Å². The molecule has 0 bridgehead atoms. The molecule has 2 rings (SSSR count). The molecule has 0 radical (unpaired) electrons.